The molecule has 0 aliphatic heterocycles. The molecule has 4 aromatic heterocycles. The van der Waals surface area contributed by atoms with Crippen molar-refractivity contribution in [3.8, 4) is 16.8 Å². The topological polar surface area (TPSA) is 31.2 Å². The first kappa shape index (κ1) is 24.5. The fourth-order valence-corrected chi connectivity index (χ4v) is 8.88. The third-order valence-electron chi connectivity index (χ3n) is 9.61. The van der Waals surface area contributed by atoms with Gasteiger partial charge in [-0.3, -0.25) is 0 Å². The Labute approximate surface area is 266 Å². The standard InChI is InChI=1S/C42H23NO2S/c1-4-14-32-26(9-1)31-23-24(19-21-33(31)43(32)34-15-7-13-29-27-10-2-5-16-35(27)45-41(29)34)25-12-8-17-36-39(25)40-37(44-36)22-20-30-28-11-3-6-18-38(28)46-42(30)40/h1-23H. The third kappa shape index (κ3) is 3.16. The van der Waals surface area contributed by atoms with Crippen molar-refractivity contribution in [2.75, 3.05) is 0 Å². The van der Waals surface area contributed by atoms with Crippen LogP contribution in [0.1, 0.15) is 0 Å². The van der Waals surface area contributed by atoms with Gasteiger partial charge >= 0.3 is 0 Å². The van der Waals surface area contributed by atoms with E-state index < -0.39 is 0 Å². The Balaban J connectivity index is 1.21. The Morgan fingerprint density at radius 1 is 0.457 bits per heavy atom. The van der Waals surface area contributed by atoms with Gasteiger partial charge < -0.3 is 13.4 Å². The van der Waals surface area contributed by atoms with Crippen LogP contribution in [0.15, 0.2) is 148 Å². The second-order valence-corrected chi connectivity index (χ2v) is 13.1. The molecule has 0 unspecified atom stereocenters. The van der Waals surface area contributed by atoms with Crippen LogP contribution in [0.5, 0.6) is 0 Å². The molecule has 4 heteroatoms. The number of fused-ring (bicyclic) bond motifs is 13. The first-order valence-electron chi connectivity index (χ1n) is 15.5. The molecule has 0 saturated carbocycles. The molecule has 0 fully saturated rings. The normalized spacial score (nSPS) is 12.3. The van der Waals surface area contributed by atoms with Crippen molar-refractivity contribution in [2.45, 2.75) is 0 Å². The number of rotatable bonds is 2. The van der Waals surface area contributed by atoms with Crippen molar-refractivity contribution in [1.29, 1.82) is 0 Å². The van der Waals surface area contributed by atoms with Crippen molar-refractivity contribution in [1.82, 2.24) is 4.57 Å². The quantitative estimate of drug-likeness (QED) is 0.196. The second-order valence-electron chi connectivity index (χ2n) is 12.0. The molecule has 214 valence electrons. The summed E-state index contributed by atoms with van der Waals surface area (Å²) in [7, 11) is 0. The van der Waals surface area contributed by atoms with Crippen molar-refractivity contribution < 1.29 is 8.83 Å². The molecule has 0 saturated heterocycles. The summed E-state index contributed by atoms with van der Waals surface area (Å²) in [6, 6.07) is 49.7. The van der Waals surface area contributed by atoms with Gasteiger partial charge in [0.1, 0.15) is 16.7 Å². The molecule has 7 aromatic carbocycles. The highest BCUT2D eigenvalue weighted by molar-refractivity contribution is 7.26. The summed E-state index contributed by atoms with van der Waals surface area (Å²) in [5.41, 5.74) is 9.34. The smallest absolute Gasteiger partial charge is 0.159 e. The van der Waals surface area contributed by atoms with E-state index in [4.69, 9.17) is 8.83 Å². The molecule has 0 amide bonds. The lowest BCUT2D eigenvalue weighted by Gasteiger charge is -2.09. The molecule has 0 aliphatic rings. The van der Waals surface area contributed by atoms with Gasteiger partial charge in [-0.15, -0.1) is 11.3 Å². The molecule has 0 aliphatic carbocycles. The lowest BCUT2D eigenvalue weighted by Crippen LogP contribution is -1.94. The molecule has 0 atom stereocenters. The minimum absolute atomic E-state index is 0.900. The Hall–Kier alpha value is -5.84. The molecular weight excluding hydrogens is 583 g/mol. The summed E-state index contributed by atoms with van der Waals surface area (Å²) >= 11 is 1.85. The number of benzene rings is 7. The SMILES string of the molecule is c1ccc2c(c1)oc1c(-n3c4ccccc4c4cc(-c5cccc6oc7ccc8c9ccccc9sc8c7c56)ccc43)cccc12. The lowest BCUT2D eigenvalue weighted by molar-refractivity contribution is 0.666. The van der Waals surface area contributed by atoms with Gasteiger partial charge in [0, 0.05) is 52.5 Å². The van der Waals surface area contributed by atoms with Crippen molar-refractivity contribution in [3.05, 3.63) is 140 Å². The van der Waals surface area contributed by atoms with Crippen LogP contribution in [0.3, 0.4) is 0 Å². The lowest BCUT2D eigenvalue weighted by atomic mass is 9.97. The summed E-state index contributed by atoms with van der Waals surface area (Å²) in [4.78, 5) is 0. The highest BCUT2D eigenvalue weighted by Crippen LogP contribution is 2.46. The van der Waals surface area contributed by atoms with Crippen LogP contribution in [-0.2, 0) is 0 Å². The average Bonchev–Trinajstić information content (AvgIpc) is 3.86. The largest absolute Gasteiger partial charge is 0.456 e. The van der Waals surface area contributed by atoms with Crippen molar-refractivity contribution >= 4 is 97.2 Å². The summed E-state index contributed by atoms with van der Waals surface area (Å²) in [5.74, 6) is 0. The fraction of sp³-hybridized carbons (Fsp3) is 0. The summed E-state index contributed by atoms with van der Waals surface area (Å²) in [6.07, 6.45) is 0. The second kappa shape index (κ2) is 8.87. The van der Waals surface area contributed by atoms with E-state index >= 15 is 0 Å². The summed E-state index contributed by atoms with van der Waals surface area (Å²) < 4.78 is 17.9. The van der Waals surface area contributed by atoms with Crippen LogP contribution in [0.25, 0.3) is 103 Å². The van der Waals surface area contributed by atoms with Gasteiger partial charge in [0.2, 0.25) is 0 Å². The van der Waals surface area contributed by atoms with E-state index in [1.165, 1.54) is 52.8 Å². The zero-order valence-electron chi connectivity index (χ0n) is 24.5. The van der Waals surface area contributed by atoms with E-state index in [2.05, 4.69) is 132 Å². The van der Waals surface area contributed by atoms with Gasteiger partial charge in [-0.2, -0.15) is 0 Å². The van der Waals surface area contributed by atoms with Crippen LogP contribution in [0, 0.1) is 0 Å². The number of thiophene rings is 1. The van der Waals surface area contributed by atoms with Crippen LogP contribution < -0.4 is 0 Å². The van der Waals surface area contributed by atoms with Crippen LogP contribution in [0.2, 0.25) is 0 Å². The number of aromatic nitrogens is 1. The number of furan rings is 2. The Morgan fingerprint density at radius 2 is 1.20 bits per heavy atom. The molecule has 0 N–H and O–H groups in total. The highest BCUT2D eigenvalue weighted by atomic mass is 32.1. The summed E-state index contributed by atoms with van der Waals surface area (Å²) in [5, 5.41) is 9.63. The van der Waals surface area contributed by atoms with E-state index in [1.54, 1.807) is 0 Å². The Kier molecular flexibility index (Phi) is 4.72. The molecule has 0 spiro atoms. The van der Waals surface area contributed by atoms with E-state index in [-0.39, 0.29) is 0 Å². The van der Waals surface area contributed by atoms with Crippen molar-refractivity contribution in [2.24, 2.45) is 0 Å². The predicted molar refractivity (Wildman–Crippen MR) is 194 cm³/mol. The van der Waals surface area contributed by atoms with E-state index in [0.29, 0.717) is 0 Å². The van der Waals surface area contributed by atoms with E-state index in [1.807, 2.05) is 23.5 Å². The van der Waals surface area contributed by atoms with E-state index in [0.717, 1.165) is 49.8 Å². The Morgan fingerprint density at radius 3 is 2.15 bits per heavy atom. The zero-order chi connectivity index (χ0) is 29.9. The molecule has 46 heavy (non-hydrogen) atoms. The average molecular weight is 606 g/mol. The van der Waals surface area contributed by atoms with Crippen LogP contribution in [-0.4, -0.2) is 4.57 Å². The molecule has 11 rings (SSSR count). The highest BCUT2D eigenvalue weighted by Gasteiger charge is 2.20. The Bertz CT molecular complexity index is 3040. The van der Waals surface area contributed by atoms with Crippen molar-refractivity contribution in [3.63, 3.8) is 0 Å². The summed E-state index contributed by atoms with van der Waals surface area (Å²) in [6.45, 7) is 0. The number of hydrogen-bond donors (Lipinski definition) is 0. The molecule has 4 heterocycles. The fourth-order valence-electron chi connectivity index (χ4n) is 7.63. The maximum Gasteiger partial charge on any atom is 0.159 e. The number of para-hydroxylation sites is 3. The molecule has 3 nitrogen and oxygen atoms in total. The van der Waals surface area contributed by atoms with Crippen LogP contribution >= 0.6 is 11.3 Å². The first-order chi connectivity index (χ1) is 22.8. The monoisotopic (exact) mass is 605 g/mol. The number of hydrogen-bond acceptors (Lipinski definition) is 3. The maximum absolute atomic E-state index is 6.51. The van der Waals surface area contributed by atoms with Gasteiger partial charge in [-0.1, -0.05) is 84.9 Å². The minimum Gasteiger partial charge on any atom is -0.456 e. The third-order valence-corrected chi connectivity index (χ3v) is 10.8. The van der Waals surface area contributed by atoms with Gasteiger partial charge in [0.25, 0.3) is 0 Å². The minimum atomic E-state index is 0.900. The molecule has 11 aromatic rings. The zero-order valence-corrected chi connectivity index (χ0v) is 25.3. The maximum atomic E-state index is 6.51. The van der Waals surface area contributed by atoms with Gasteiger partial charge in [-0.25, -0.2) is 0 Å². The van der Waals surface area contributed by atoms with Gasteiger partial charge in [0.05, 0.1) is 16.7 Å². The number of nitrogens with zero attached hydrogens (tertiary/aromatic N) is 1. The molecule has 0 radical (unpaired) electrons. The predicted octanol–water partition coefficient (Wildman–Crippen LogP) is 12.6. The molecule has 0 bridgehead atoms. The molecular formula is C42H23NO2S. The van der Waals surface area contributed by atoms with Crippen LogP contribution in [0.4, 0.5) is 0 Å². The van der Waals surface area contributed by atoms with Gasteiger partial charge in [0.15, 0.2) is 5.58 Å². The van der Waals surface area contributed by atoms with Gasteiger partial charge in [-0.05, 0) is 65.7 Å². The van der Waals surface area contributed by atoms with E-state index in [9.17, 15) is 0 Å². The first-order valence-corrected chi connectivity index (χ1v) is 16.3.